The van der Waals surface area contributed by atoms with Crippen LogP contribution in [0.4, 0.5) is 0 Å². The number of para-hydroxylation sites is 2. The van der Waals surface area contributed by atoms with E-state index in [2.05, 4.69) is 0 Å². The first-order valence-electron chi connectivity index (χ1n) is 6.76. The van der Waals surface area contributed by atoms with Crippen LogP contribution >= 0.6 is 0 Å². The lowest BCUT2D eigenvalue weighted by molar-refractivity contribution is 0.0526. The monoisotopic (exact) mass is 286 g/mol. The van der Waals surface area contributed by atoms with Gasteiger partial charge in [-0.05, 0) is 36.8 Å². The zero-order valence-corrected chi connectivity index (χ0v) is 12.2. The first-order valence-corrected chi connectivity index (χ1v) is 6.76. The molecule has 4 nitrogen and oxygen atoms in total. The van der Waals surface area contributed by atoms with Gasteiger partial charge in [0.2, 0.25) is 0 Å². The zero-order valence-electron chi connectivity index (χ0n) is 12.2. The lowest BCUT2D eigenvalue weighted by Gasteiger charge is -2.10. The SMILES string of the molecule is CCOC(=O)c1ccc(COc2ccccc2OC)cc1. The Hall–Kier alpha value is -2.49. The smallest absolute Gasteiger partial charge is 0.338 e. The van der Waals surface area contributed by atoms with Gasteiger partial charge in [0.25, 0.3) is 0 Å². The van der Waals surface area contributed by atoms with Crippen LogP contribution in [0.1, 0.15) is 22.8 Å². The van der Waals surface area contributed by atoms with Gasteiger partial charge in [0.15, 0.2) is 11.5 Å². The van der Waals surface area contributed by atoms with Crippen LogP contribution in [0.3, 0.4) is 0 Å². The molecule has 0 atom stereocenters. The average molecular weight is 286 g/mol. The van der Waals surface area contributed by atoms with Gasteiger partial charge in [-0.25, -0.2) is 4.79 Å². The van der Waals surface area contributed by atoms with E-state index in [1.54, 1.807) is 26.2 Å². The van der Waals surface area contributed by atoms with Crippen LogP contribution in [0.25, 0.3) is 0 Å². The molecule has 2 aromatic rings. The Morgan fingerprint density at radius 3 is 2.29 bits per heavy atom. The molecule has 4 heteroatoms. The molecule has 2 rings (SSSR count). The molecule has 0 aromatic heterocycles. The molecule has 0 heterocycles. The molecule has 0 radical (unpaired) electrons. The van der Waals surface area contributed by atoms with Crippen molar-refractivity contribution in [1.82, 2.24) is 0 Å². The number of benzene rings is 2. The van der Waals surface area contributed by atoms with Crippen LogP contribution in [-0.2, 0) is 11.3 Å². The second-order valence-electron chi connectivity index (χ2n) is 4.36. The first kappa shape index (κ1) is 14.9. The number of carbonyl (C=O) groups is 1. The number of methoxy groups -OCH3 is 1. The van der Waals surface area contributed by atoms with E-state index in [1.807, 2.05) is 36.4 Å². The highest BCUT2D eigenvalue weighted by Gasteiger charge is 2.06. The fourth-order valence-corrected chi connectivity index (χ4v) is 1.85. The van der Waals surface area contributed by atoms with Gasteiger partial charge in [-0.1, -0.05) is 24.3 Å². The molecule has 0 aliphatic rings. The standard InChI is InChI=1S/C17H18O4/c1-3-20-17(18)14-10-8-13(9-11-14)12-21-16-7-5-4-6-15(16)19-2/h4-11H,3,12H2,1-2H3. The summed E-state index contributed by atoms with van der Waals surface area (Å²) in [6, 6.07) is 14.6. The average Bonchev–Trinajstić information content (AvgIpc) is 2.54. The molecular formula is C17H18O4. The van der Waals surface area contributed by atoms with Crippen LogP contribution in [0.5, 0.6) is 11.5 Å². The van der Waals surface area contributed by atoms with E-state index in [-0.39, 0.29) is 5.97 Å². The van der Waals surface area contributed by atoms with Gasteiger partial charge in [-0.2, -0.15) is 0 Å². The van der Waals surface area contributed by atoms with Crippen molar-refractivity contribution in [2.45, 2.75) is 13.5 Å². The van der Waals surface area contributed by atoms with E-state index in [9.17, 15) is 4.79 Å². The van der Waals surface area contributed by atoms with Gasteiger partial charge in [-0.3, -0.25) is 0 Å². The predicted molar refractivity (Wildman–Crippen MR) is 79.7 cm³/mol. The van der Waals surface area contributed by atoms with Crippen molar-refractivity contribution in [2.24, 2.45) is 0 Å². The highest BCUT2D eigenvalue weighted by molar-refractivity contribution is 5.89. The maximum Gasteiger partial charge on any atom is 0.338 e. The van der Waals surface area contributed by atoms with E-state index >= 15 is 0 Å². The number of rotatable bonds is 6. The fraction of sp³-hybridized carbons (Fsp3) is 0.235. The van der Waals surface area contributed by atoms with Crippen molar-refractivity contribution in [3.8, 4) is 11.5 Å². The normalized spacial score (nSPS) is 10.0. The van der Waals surface area contributed by atoms with Crippen LogP contribution in [0.15, 0.2) is 48.5 Å². The third-order valence-electron chi connectivity index (χ3n) is 2.93. The Morgan fingerprint density at radius 2 is 1.67 bits per heavy atom. The molecule has 0 unspecified atom stereocenters. The number of esters is 1. The lowest BCUT2D eigenvalue weighted by atomic mass is 10.1. The van der Waals surface area contributed by atoms with Crippen LogP contribution in [0, 0.1) is 0 Å². The third-order valence-corrected chi connectivity index (χ3v) is 2.93. The lowest BCUT2D eigenvalue weighted by Crippen LogP contribution is -2.05. The summed E-state index contributed by atoms with van der Waals surface area (Å²) in [7, 11) is 1.61. The molecular weight excluding hydrogens is 268 g/mol. The number of carbonyl (C=O) groups excluding carboxylic acids is 1. The quantitative estimate of drug-likeness (QED) is 0.763. The number of hydrogen-bond donors (Lipinski definition) is 0. The van der Waals surface area contributed by atoms with Gasteiger partial charge >= 0.3 is 5.97 Å². The summed E-state index contributed by atoms with van der Waals surface area (Å²) in [5.74, 6) is 1.07. The number of ether oxygens (including phenoxy) is 3. The van der Waals surface area contributed by atoms with Crippen molar-refractivity contribution in [2.75, 3.05) is 13.7 Å². The molecule has 21 heavy (non-hydrogen) atoms. The van der Waals surface area contributed by atoms with E-state index < -0.39 is 0 Å². The highest BCUT2D eigenvalue weighted by Crippen LogP contribution is 2.26. The van der Waals surface area contributed by atoms with Crippen LogP contribution < -0.4 is 9.47 Å². The van der Waals surface area contributed by atoms with E-state index in [1.165, 1.54) is 0 Å². The van der Waals surface area contributed by atoms with E-state index in [0.717, 1.165) is 5.56 Å². The Balaban J connectivity index is 1.99. The van der Waals surface area contributed by atoms with E-state index in [4.69, 9.17) is 14.2 Å². The Kier molecular flexibility index (Phi) is 5.21. The molecule has 0 saturated heterocycles. The first-order chi connectivity index (χ1) is 10.2. The molecule has 0 bridgehead atoms. The van der Waals surface area contributed by atoms with Gasteiger partial charge in [0.1, 0.15) is 6.61 Å². The second-order valence-corrected chi connectivity index (χ2v) is 4.36. The summed E-state index contributed by atoms with van der Waals surface area (Å²) in [4.78, 5) is 11.5. The van der Waals surface area contributed by atoms with E-state index in [0.29, 0.717) is 30.3 Å². The molecule has 0 saturated carbocycles. The predicted octanol–water partition coefficient (Wildman–Crippen LogP) is 3.45. The van der Waals surface area contributed by atoms with Gasteiger partial charge in [0, 0.05) is 0 Å². The second kappa shape index (κ2) is 7.33. The molecule has 0 fully saturated rings. The largest absolute Gasteiger partial charge is 0.493 e. The van der Waals surface area contributed by atoms with Crippen molar-refractivity contribution in [1.29, 1.82) is 0 Å². The highest BCUT2D eigenvalue weighted by atomic mass is 16.5. The third kappa shape index (κ3) is 3.99. The molecule has 2 aromatic carbocycles. The summed E-state index contributed by atoms with van der Waals surface area (Å²) >= 11 is 0. The van der Waals surface area contributed by atoms with Crippen LogP contribution in [-0.4, -0.2) is 19.7 Å². The minimum absolute atomic E-state index is 0.310. The van der Waals surface area contributed by atoms with Gasteiger partial charge < -0.3 is 14.2 Å². The molecule has 0 amide bonds. The Bertz CT molecular complexity index is 590. The Labute approximate surface area is 124 Å². The molecule has 0 aliphatic heterocycles. The molecule has 0 N–H and O–H groups in total. The van der Waals surface area contributed by atoms with Crippen molar-refractivity contribution in [3.05, 3.63) is 59.7 Å². The maximum atomic E-state index is 11.5. The summed E-state index contributed by atoms with van der Waals surface area (Å²) < 4.78 is 15.9. The van der Waals surface area contributed by atoms with Gasteiger partial charge in [0.05, 0.1) is 19.3 Å². The molecule has 110 valence electrons. The van der Waals surface area contributed by atoms with Crippen LogP contribution in [0.2, 0.25) is 0 Å². The fourth-order valence-electron chi connectivity index (χ4n) is 1.85. The summed E-state index contributed by atoms with van der Waals surface area (Å²) in [6.45, 7) is 2.56. The minimum atomic E-state index is -0.310. The molecule has 0 aliphatic carbocycles. The Morgan fingerprint density at radius 1 is 1.00 bits per heavy atom. The van der Waals surface area contributed by atoms with Gasteiger partial charge in [-0.15, -0.1) is 0 Å². The van der Waals surface area contributed by atoms with Crippen molar-refractivity contribution >= 4 is 5.97 Å². The summed E-state index contributed by atoms with van der Waals surface area (Å²) in [5, 5.41) is 0. The molecule has 0 spiro atoms. The number of hydrogen-bond acceptors (Lipinski definition) is 4. The minimum Gasteiger partial charge on any atom is -0.493 e. The zero-order chi connectivity index (χ0) is 15.1. The summed E-state index contributed by atoms with van der Waals surface area (Å²) in [6.07, 6.45) is 0. The summed E-state index contributed by atoms with van der Waals surface area (Å²) in [5.41, 5.74) is 1.51. The maximum absolute atomic E-state index is 11.5. The topological polar surface area (TPSA) is 44.8 Å². The van der Waals surface area contributed by atoms with Crippen molar-refractivity contribution < 1.29 is 19.0 Å². The van der Waals surface area contributed by atoms with Crippen molar-refractivity contribution in [3.63, 3.8) is 0 Å².